The van der Waals surface area contributed by atoms with Crippen molar-refractivity contribution in [3.63, 3.8) is 0 Å². The molecule has 1 aliphatic carbocycles. The fourth-order valence-corrected chi connectivity index (χ4v) is 2.27. The lowest BCUT2D eigenvalue weighted by Gasteiger charge is -2.21. The number of fused-ring (bicyclic) bond motifs is 1. The molecule has 0 fully saturated rings. The zero-order chi connectivity index (χ0) is 13.2. The molecule has 0 atom stereocenters. The summed E-state index contributed by atoms with van der Waals surface area (Å²) < 4.78 is 0. The van der Waals surface area contributed by atoms with Gasteiger partial charge in [-0.05, 0) is 48.8 Å². The molecule has 4 heteroatoms. The van der Waals surface area contributed by atoms with E-state index >= 15 is 0 Å². The van der Waals surface area contributed by atoms with Crippen LogP contribution in [0.5, 0.6) is 0 Å². The Balaban J connectivity index is 2.03. The van der Waals surface area contributed by atoms with Crippen LogP contribution in [0.1, 0.15) is 12.8 Å². The second kappa shape index (κ2) is 4.72. The van der Waals surface area contributed by atoms with Crippen LogP contribution >= 0.6 is 0 Å². The van der Waals surface area contributed by atoms with Gasteiger partial charge in [-0.25, -0.2) is 4.99 Å². The molecular formula is C15H16N4. The van der Waals surface area contributed by atoms with E-state index in [-0.39, 0.29) is 0 Å². The molecule has 1 aromatic rings. The SMILES string of the molecule is NC1=CC=C2CCCN=C2C1=Nc1ccc(N)cc1. The molecule has 4 N–H and O–H groups in total. The number of aliphatic imine (C=N–C) groups is 2. The Morgan fingerprint density at radius 2 is 1.84 bits per heavy atom. The van der Waals surface area contributed by atoms with Gasteiger partial charge >= 0.3 is 0 Å². The first-order valence-corrected chi connectivity index (χ1v) is 6.40. The summed E-state index contributed by atoms with van der Waals surface area (Å²) in [6.45, 7) is 0.848. The standard InChI is InChI=1S/C15H16N4/c16-11-4-6-12(7-5-11)19-15-13(17)8-3-10-2-1-9-18-14(10)15/h3-8H,1-2,9,16-17H2. The molecule has 1 aromatic carbocycles. The molecule has 4 nitrogen and oxygen atoms in total. The van der Waals surface area contributed by atoms with E-state index in [9.17, 15) is 0 Å². The molecule has 0 saturated heterocycles. The van der Waals surface area contributed by atoms with Gasteiger partial charge in [0.25, 0.3) is 0 Å². The van der Waals surface area contributed by atoms with Gasteiger partial charge in [0.15, 0.2) is 0 Å². The van der Waals surface area contributed by atoms with Gasteiger partial charge in [0.2, 0.25) is 0 Å². The predicted molar refractivity (Wildman–Crippen MR) is 79.8 cm³/mol. The van der Waals surface area contributed by atoms with Crippen LogP contribution in [0.4, 0.5) is 11.4 Å². The number of benzene rings is 1. The van der Waals surface area contributed by atoms with E-state index in [2.05, 4.69) is 16.1 Å². The van der Waals surface area contributed by atoms with Crippen LogP contribution in [0, 0.1) is 0 Å². The maximum absolute atomic E-state index is 6.04. The molecule has 3 rings (SSSR count). The number of anilines is 1. The first kappa shape index (κ1) is 11.7. The van der Waals surface area contributed by atoms with Gasteiger partial charge in [0.1, 0.15) is 5.71 Å². The second-order valence-corrected chi connectivity index (χ2v) is 4.70. The van der Waals surface area contributed by atoms with E-state index < -0.39 is 0 Å². The van der Waals surface area contributed by atoms with Crippen LogP contribution in [-0.2, 0) is 0 Å². The van der Waals surface area contributed by atoms with E-state index in [1.807, 2.05) is 30.3 Å². The van der Waals surface area contributed by atoms with Gasteiger partial charge in [-0.15, -0.1) is 0 Å². The first-order valence-electron chi connectivity index (χ1n) is 6.40. The number of allylic oxidation sites excluding steroid dienone is 4. The van der Waals surface area contributed by atoms with Crippen molar-refractivity contribution in [2.75, 3.05) is 12.3 Å². The first-order chi connectivity index (χ1) is 9.24. The van der Waals surface area contributed by atoms with Gasteiger partial charge in [0.05, 0.1) is 17.1 Å². The number of rotatable bonds is 1. The molecule has 2 aliphatic rings. The van der Waals surface area contributed by atoms with Crippen molar-refractivity contribution in [3.8, 4) is 0 Å². The van der Waals surface area contributed by atoms with Crippen molar-refractivity contribution in [3.05, 3.63) is 47.7 Å². The summed E-state index contributed by atoms with van der Waals surface area (Å²) in [5, 5.41) is 0. The van der Waals surface area contributed by atoms with E-state index in [1.165, 1.54) is 5.57 Å². The largest absolute Gasteiger partial charge is 0.399 e. The molecular weight excluding hydrogens is 236 g/mol. The number of nitrogens with zero attached hydrogens (tertiary/aromatic N) is 2. The van der Waals surface area contributed by atoms with E-state index in [1.54, 1.807) is 0 Å². The number of nitrogen functional groups attached to an aromatic ring is 1. The summed E-state index contributed by atoms with van der Waals surface area (Å²) in [4.78, 5) is 9.19. The monoisotopic (exact) mass is 252 g/mol. The Hall–Kier alpha value is -2.36. The lowest BCUT2D eigenvalue weighted by Crippen LogP contribution is -2.28. The summed E-state index contributed by atoms with van der Waals surface area (Å²) in [5.74, 6) is 0. The highest BCUT2D eigenvalue weighted by molar-refractivity contribution is 6.54. The minimum absolute atomic E-state index is 0.668. The minimum atomic E-state index is 0.668. The summed E-state index contributed by atoms with van der Waals surface area (Å²) in [5.41, 5.74) is 16.9. The molecule has 1 aliphatic heterocycles. The fraction of sp³-hybridized carbons (Fsp3) is 0.200. The molecule has 0 bridgehead atoms. The average molecular weight is 252 g/mol. The van der Waals surface area contributed by atoms with Gasteiger partial charge < -0.3 is 11.5 Å². The van der Waals surface area contributed by atoms with Crippen LogP contribution in [0.15, 0.2) is 57.7 Å². The maximum atomic E-state index is 6.04. The Labute approximate surface area is 112 Å². The molecule has 0 amide bonds. The summed E-state index contributed by atoms with van der Waals surface area (Å²) in [7, 11) is 0. The zero-order valence-corrected chi connectivity index (χ0v) is 10.6. The van der Waals surface area contributed by atoms with Crippen LogP contribution in [0.25, 0.3) is 0 Å². The molecule has 0 spiro atoms. The predicted octanol–water partition coefficient (Wildman–Crippen LogP) is 2.36. The van der Waals surface area contributed by atoms with Crippen molar-refractivity contribution in [1.29, 1.82) is 0 Å². The van der Waals surface area contributed by atoms with Crippen molar-refractivity contribution in [2.24, 2.45) is 15.7 Å². The van der Waals surface area contributed by atoms with Crippen molar-refractivity contribution >= 4 is 22.8 Å². The Kier molecular flexibility index (Phi) is 2.91. The van der Waals surface area contributed by atoms with Crippen molar-refractivity contribution in [1.82, 2.24) is 0 Å². The third-order valence-electron chi connectivity index (χ3n) is 3.27. The highest BCUT2D eigenvalue weighted by Gasteiger charge is 2.22. The van der Waals surface area contributed by atoms with Crippen LogP contribution in [0.3, 0.4) is 0 Å². The van der Waals surface area contributed by atoms with Crippen LogP contribution in [-0.4, -0.2) is 18.0 Å². The zero-order valence-electron chi connectivity index (χ0n) is 10.6. The lowest BCUT2D eigenvalue weighted by molar-refractivity contribution is 0.817. The molecule has 0 unspecified atom stereocenters. The number of nitrogens with two attached hydrogens (primary N) is 2. The molecule has 0 saturated carbocycles. The van der Waals surface area contributed by atoms with E-state index in [0.717, 1.165) is 42.2 Å². The van der Waals surface area contributed by atoms with Gasteiger partial charge in [-0.2, -0.15) is 0 Å². The topological polar surface area (TPSA) is 76.8 Å². The Morgan fingerprint density at radius 3 is 2.63 bits per heavy atom. The smallest absolute Gasteiger partial charge is 0.112 e. The summed E-state index contributed by atoms with van der Waals surface area (Å²) >= 11 is 0. The fourth-order valence-electron chi connectivity index (χ4n) is 2.27. The third kappa shape index (κ3) is 2.29. The molecule has 1 heterocycles. The van der Waals surface area contributed by atoms with Crippen LogP contribution < -0.4 is 11.5 Å². The Morgan fingerprint density at radius 1 is 1.05 bits per heavy atom. The average Bonchev–Trinajstić information content (AvgIpc) is 2.44. The van der Waals surface area contributed by atoms with Crippen molar-refractivity contribution < 1.29 is 0 Å². The second-order valence-electron chi connectivity index (χ2n) is 4.70. The lowest BCUT2D eigenvalue weighted by atomic mass is 9.92. The molecule has 0 aromatic heterocycles. The highest BCUT2D eigenvalue weighted by Crippen LogP contribution is 2.23. The highest BCUT2D eigenvalue weighted by atomic mass is 14.9. The number of hydrogen-bond acceptors (Lipinski definition) is 4. The summed E-state index contributed by atoms with van der Waals surface area (Å²) in [6.07, 6.45) is 6.10. The summed E-state index contributed by atoms with van der Waals surface area (Å²) in [6, 6.07) is 7.44. The van der Waals surface area contributed by atoms with E-state index in [0.29, 0.717) is 5.70 Å². The van der Waals surface area contributed by atoms with Crippen LogP contribution in [0.2, 0.25) is 0 Å². The van der Waals surface area contributed by atoms with Gasteiger partial charge in [-0.1, -0.05) is 6.08 Å². The molecule has 19 heavy (non-hydrogen) atoms. The Bertz CT molecular complexity index is 618. The minimum Gasteiger partial charge on any atom is -0.399 e. The number of hydrogen-bond donors (Lipinski definition) is 2. The quantitative estimate of drug-likeness (QED) is 0.594. The van der Waals surface area contributed by atoms with Gasteiger partial charge in [-0.3, -0.25) is 4.99 Å². The molecule has 0 radical (unpaired) electrons. The maximum Gasteiger partial charge on any atom is 0.112 e. The third-order valence-corrected chi connectivity index (χ3v) is 3.27. The van der Waals surface area contributed by atoms with E-state index in [4.69, 9.17) is 11.5 Å². The normalized spacial score (nSPS) is 20.4. The van der Waals surface area contributed by atoms with Gasteiger partial charge in [0, 0.05) is 12.2 Å². The van der Waals surface area contributed by atoms with Crippen molar-refractivity contribution in [2.45, 2.75) is 12.8 Å². The molecule has 96 valence electrons.